The monoisotopic (exact) mass is 303 g/mol. The molecule has 7 nitrogen and oxygen atoms in total. The van der Waals surface area contributed by atoms with Crippen LogP contribution in [0.3, 0.4) is 0 Å². The maximum Gasteiger partial charge on any atom is 0.265 e. The summed E-state index contributed by atoms with van der Waals surface area (Å²) < 4.78 is 27.7. The van der Waals surface area contributed by atoms with Crippen molar-refractivity contribution in [1.29, 1.82) is 0 Å². The Bertz CT molecular complexity index is 578. The van der Waals surface area contributed by atoms with Gasteiger partial charge in [-0.3, -0.25) is 4.79 Å². The number of nitrogens with two attached hydrogens (primary N) is 1. The van der Waals surface area contributed by atoms with Crippen LogP contribution in [0, 0.1) is 5.92 Å². The summed E-state index contributed by atoms with van der Waals surface area (Å²) in [5.41, 5.74) is 5.24. The lowest BCUT2D eigenvalue weighted by Crippen LogP contribution is -2.32. The highest BCUT2D eigenvalue weighted by Gasteiger charge is 2.20. The van der Waals surface area contributed by atoms with Gasteiger partial charge < -0.3 is 15.4 Å². The topological polar surface area (TPSA) is 114 Å². The summed E-state index contributed by atoms with van der Waals surface area (Å²) in [6.45, 7) is 3.81. The number of hydrogen-bond acceptors (Lipinski definition) is 4. The molecule has 0 saturated carbocycles. The van der Waals surface area contributed by atoms with Crippen molar-refractivity contribution in [2.45, 2.75) is 31.3 Å². The number of nitrogens with one attached hydrogen (secondary N) is 1. The molecule has 0 spiro atoms. The molecule has 0 saturated heterocycles. The summed E-state index contributed by atoms with van der Waals surface area (Å²) in [6, 6.07) is 1.21. The average Bonchev–Trinajstić information content (AvgIpc) is 2.69. The van der Waals surface area contributed by atoms with Crippen LogP contribution in [0.15, 0.2) is 17.2 Å². The van der Waals surface area contributed by atoms with E-state index in [1.165, 1.54) is 23.9 Å². The zero-order chi connectivity index (χ0) is 15.5. The lowest BCUT2D eigenvalue weighted by Gasteiger charge is -2.13. The molecule has 114 valence electrons. The molecule has 1 aromatic heterocycles. The van der Waals surface area contributed by atoms with Gasteiger partial charge in [0.15, 0.2) is 0 Å². The van der Waals surface area contributed by atoms with Crippen molar-refractivity contribution in [2.75, 3.05) is 6.54 Å². The Balaban J connectivity index is 2.79. The van der Waals surface area contributed by atoms with Crippen LogP contribution in [-0.2, 0) is 17.1 Å². The Morgan fingerprint density at radius 1 is 1.50 bits per heavy atom. The van der Waals surface area contributed by atoms with Crippen molar-refractivity contribution in [2.24, 2.45) is 18.7 Å². The zero-order valence-electron chi connectivity index (χ0n) is 11.8. The van der Waals surface area contributed by atoms with Crippen LogP contribution in [0.5, 0.6) is 0 Å². The van der Waals surface area contributed by atoms with E-state index in [0.29, 0.717) is 6.42 Å². The van der Waals surface area contributed by atoms with Crippen LogP contribution < -0.4 is 10.5 Å². The first-order valence-corrected chi connectivity index (χ1v) is 7.75. The van der Waals surface area contributed by atoms with Gasteiger partial charge >= 0.3 is 0 Å². The SMILES string of the molecule is CC(C)CC(O)CNS(=O)(=O)c1cc(C(N)=O)n(C)c1. The van der Waals surface area contributed by atoms with Gasteiger partial charge in [0.25, 0.3) is 5.91 Å². The molecule has 0 aliphatic rings. The van der Waals surface area contributed by atoms with Gasteiger partial charge in [0.1, 0.15) is 10.6 Å². The predicted octanol–water partition coefficient (Wildman–Crippen LogP) is -0.191. The van der Waals surface area contributed by atoms with Gasteiger partial charge in [0.2, 0.25) is 10.0 Å². The first-order chi connectivity index (χ1) is 9.13. The molecule has 4 N–H and O–H groups in total. The molecule has 8 heteroatoms. The number of carbonyl (C=O) groups is 1. The third-order valence-electron chi connectivity index (χ3n) is 2.80. The average molecular weight is 303 g/mol. The Morgan fingerprint density at radius 2 is 2.10 bits per heavy atom. The summed E-state index contributed by atoms with van der Waals surface area (Å²) in [4.78, 5) is 11.0. The Kier molecular flexibility index (Phi) is 5.32. The van der Waals surface area contributed by atoms with E-state index < -0.39 is 22.0 Å². The fraction of sp³-hybridized carbons (Fsp3) is 0.583. The van der Waals surface area contributed by atoms with Gasteiger partial charge in [-0.25, -0.2) is 13.1 Å². The minimum atomic E-state index is -3.76. The first-order valence-electron chi connectivity index (χ1n) is 6.27. The molecule has 20 heavy (non-hydrogen) atoms. The van der Waals surface area contributed by atoms with E-state index in [9.17, 15) is 18.3 Å². The van der Waals surface area contributed by atoms with Crippen LogP contribution in [-0.4, -0.2) is 36.6 Å². The number of primary amides is 1. The van der Waals surface area contributed by atoms with Crippen molar-refractivity contribution in [3.8, 4) is 0 Å². The van der Waals surface area contributed by atoms with Gasteiger partial charge in [-0.1, -0.05) is 13.8 Å². The molecule has 1 heterocycles. The van der Waals surface area contributed by atoms with Crippen molar-refractivity contribution < 1.29 is 18.3 Å². The fourth-order valence-corrected chi connectivity index (χ4v) is 2.98. The smallest absolute Gasteiger partial charge is 0.265 e. The molecular weight excluding hydrogens is 282 g/mol. The number of aliphatic hydroxyl groups is 1. The third kappa shape index (κ3) is 4.32. The lowest BCUT2D eigenvalue weighted by molar-refractivity contribution is 0.0992. The van der Waals surface area contributed by atoms with Crippen molar-refractivity contribution in [3.63, 3.8) is 0 Å². The Labute approximate surface area is 118 Å². The number of aromatic nitrogens is 1. The number of aliphatic hydroxyl groups excluding tert-OH is 1. The second-order valence-electron chi connectivity index (χ2n) is 5.17. The number of aryl methyl sites for hydroxylation is 1. The van der Waals surface area contributed by atoms with Gasteiger partial charge in [-0.2, -0.15) is 0 Å². The van der Waals surface area contributed by atoms with E-state index in [0.717, 1.165) is 0 Å². The van der Waals surface area contributed by atoms with Gasteiger partial charge in [0.05, 0.1) is 6.10 Å². The van der Waals surface area contributed by atoms with E-state index in [-0.39, 0.29) is 23.1 Å². The van der Waals surface area contributed by atoms with E-state index in [1.807, 2.05) is 13.8 Å². The zero-order valence-corrected chi connectivity index (χ0v) is 12.6. The van der Waals surface area contributed by atoms with E-state index in [2.05, 4.69) is 4.72 Å². The van der Waals surface area contributed by atoms with Gasteiger partial charge in [-0.15, -0.1) is 0 Å². The lowest BCUT2D eigenvalue weighted by atomic mass is 10.1. The fourth-order valence-electron chi connectivity index (χ4n) is 1.84. The number of sulfonamides is 1. The molecular formula is C12H21N3O4S. The van der Waals surface area contributed by atoms with Crippen LogP contribution in [0.2, 0.25) is 0 Å². The molecule has 1 aromatic rings. The summed E-state index contributed by atoms with van der Waals surface area (Å²) >= 11 is 0. The highest BCUT2D eigenvalue weighted by atomic mass is 32.2. The van der Waals surface area contributed by atoms with Crippen LogP contribution >= 0.6 is 0 Å². The molecule has 0 aromatic carbocycles. The van der Waals surface area contributed by atoms with Crippen molar-refractivity contribution in [1.82, 2.24) is 9.29 Å². The standard InChI is InChI=1S/C12H21N3O4S/c1-8(2)4-9(16)6-14-20(18,19)10-5-11(12(13)17)15(3)7-10/h5,7-9,14,16H,4,6H2,1-3H3,(H2,13,17). The minimum absolute atomic E-state index is 0.0504. The highest BCUT2D eigenvalue weighted by molar-refractivity contribution is 7.89. The quantitative estimate of drug-likeness (QED) is 0.647. The largest absolute Gasteiger partial charge is 0.392 e. The van der Waals surface area contributed by atoms with Crippen LogP contribution in [0.25, 0.3) is 0 Å². The molecule has 0 aliphatic heterocycles. The van der Waals surface area contributed by atoms with Crippen molar-refractivity contribution in [3.05, 3.63) is 18.0 Å². The molecule has 0 radical (unpaired) electrons. The number of amides is 1. The van der Waals surface area contributed by atoms with Crippen molar-refractivity contribution >= 4 is 15.9 Å². The van der Waals surface area contributed by atoms with Gasteiger partial charge in [-0.05, 0) is 18.4 Å². The van der Waals surface area contributed by atoms with E-state index in [1.54, 1.807) is 0 Å². The van der Waals surface area contributed by atoms with E-state index in [4.69, 9.17) is 5.73 Å². The van der Waals surface area contributed by atoms with Gasteiger partial charge in [0, 0.05) is 19.8 Å². The van der Waals surface area contributed by atoms with Crippen LogP contribution in [0.4, 0.5) is 0 Å². The number of hydrogen-bond donors (Lipinski definition) is 3. The Morgan fingerprint density at radius 3 is 2.55 bits per heavy atom. The molecule has 1 unspecified atom stereocenters. The third-order valence-corrected chi connectivity index (χ3v) is 4.19. The minimum Gasteiger partial charge on any atom is -0.392 e. The first kappa shape index (κ1) is 16.7. The second-order valence-corrected chi connectivity index (χ2v) is 6.94. The molecule has 1 rings (SSSR count). The second kappa shape index (κ2) is 6.38. The summed E-state index contributed by atoms with van der Waals surface area (Å²) in [7, 11) is -2.23. The summed E-state index contributed by atoms with van der Waals surface area (Å²) in [6.07, 6.45) is 1.06. The normalized spacial score (nSPS) is 13.7. The van der Waals surface area contributed by atoms with E-state index >= 15 is 0 Å². The maximum atomic E-state index is 12.0. The molecule has 1 amide bonds. The van der Waals surface area contributed by atoms with Crippen LogP contribution in [0.1, 0.15) is 30.8 Å². The summed E-state index contributed by atoms with van der Waals surface area (Å²) in [5, 5.41) is 9.67. The molecule has 0 fully saturated rings. The predicted molar refractivity (Wildman–Crippen MR) is 74.6 cm³/mol. The number of nitrogens with zero attached hydrogens (tertiary/aromatic N) is 1. The summed E-state index contributed by atoms with van der Waals surface area (Å²) in [5.74, 6) is -0.429. The molecule has 1 atom stereocenters. The highest BCUT2D eigenvalue weighted by Crippen LogP contribution is 2.13. The number of rotatable bonds is 7. The molecule has 0 bridgehead atoms. The number of carbonyl (C=O) groups excluding carboxylic acids is 1. The maximum absolute atomic E-state index is 12.0. The Hall–Kier alpha value is -1.38. The molecule has 0 aliphatic carbocycles.